The molecule has 0 aliphatic carbocycles. The first-order valence-electron chi connectivity index (χ1n) is 1.72. The van der Waals surface area contributed by atoms with Crippen molar-refractivity contribution in [2.24, 2.45) is 4.99 Å². The molecule has 0 unspecified atom stereocenters. The van der Waals surface area contributed by atoms with Crippen molar-refractivity contribution in [3.8, 4) is 0 Å². The molecule has 1 aliphatic heterocycles. The molecule has 0 saturated carbocycles. The minimum Gasteiger partial charge on any atom is -1.00 e. The van der Waals surface area contributed by atoms with E-state index in [2.05, 4.69) is 10.3 Å². The average Bonchev–Trinajstić information content (AvgIpc) is 1.76. The van der Waals surface area contributed by atoms with Crippen LogP contribution in [0, 0.1) is 0 Å². The molecule has 6 heavy (non-hydrogen) atoms. The van der Waals surface area contributed by atoms with Gasteiger partial charge in [0.05, 0.1) is 12.9 Å². The van der Waals surface area contributed by atoms with Crippen molar-refractivity contribution in [2.45, 2.75) is 0 Å². The number of rotatable bonds is 0. The van der Waals surface area contributed by atoms with Crippen LogP contribution in [0.4, 0.5) is 0 Å². The zero-order chi connectivity index (χ0) is 3.54. The molecule has 1 rings (SSSR count). The Morgan fingerprint density at radius 3 is 2.83 bits per heavy atom. The Morgan fingerprint density at radius 1 is 1.83 bits per heavy atom. The van der Waals surface area contributed by atoms with Crippen LogP contribution in [-0.4, -0.2) is 19.4 Å². The maximum atomic E-state index is 3.85. The van der Waals surface area contributed by atoms with Gasteiger partial charge in [-0.25, -0.2) is 0 Å². The van der Waals surface area contributed by atoms with E-state index in [-0.39, 0.29) is 31.0 Å². The van der Waals surface area contributed by atoms with Gasteiger partial charge >= 0.3 is 29.6 Å². The fourth-order valence-corrected chi connectivity index (χ4v) is 0.323. The molecule has 3 heteroatoms. The maximum Gasteiger partial charge on any atom is 1.00 e. The molecular formula is C3H7N2Na. The van der Waals surface area contributed by atoms with Gasteiger partial charge in [-0.2, -0.15) is 0 Å². The number of nitrogens with zero attached hydrogens (tertiary/aromatic N) is 1. The van der Waals surface area contributed by atoms with Gasteiger partial charge in [-0.15, -0.1) is 0 Å². The van der Waals surface area contributed by atoms with E-state index in [1.54, 1.807) is 6.34 Å². The standard InChI is InChI=1S/C3H6N2.Na.H/c1-2-5-3-4-1;;/h3H,1-2H2,(H,4,5);;/q;+1;-1. The molecule has 1 N–H and O–H groups in total. The Labute approximate surface area is 60.8 Å². The molecule has 0 aromatic heterocycles. The molecule has 0 radical (unpaired) electrons. The normalized spacial score (nSPS) is 16.0. The van der Waals surface area contributed by atoms with Crippen LogP contribution in [0.1, 0.15) is 1.43 Å². The Hall–Kier alpha value is 0.470. The monoisotopic (exact) mass is 94.1 g/mol. The van der Waals surface area contributed by atoms with E-state index in [4.69, 9.17) is 0 Å². The van der Waals surface area contributed by atoms with Crippen LogP contribution in [0.3, 0.4) is 0 Å². The number of hydrogen-bond acceptors (Lipinski definition) is 2. The molecule has 0 bridgehead atoms. The van der Waals surface area contributed by atoms with Gasteiger partial charge in [0.15, 0.2) is 0 Å². The largest absolute Gasteiger partial charge is 1.00 e. The number of nitrogens with one attached hydrogen (secondary N) is 1. The van der Waals surface area contributed by atoms with Crippen molar-refractivity contribution < 1.29 is 31.0 Å². The second kappa shape index (κ2) is 3.65. The Morgan fingerprint density at radius 2 is 2.67 bits per heavy atom. The molecule has 0 aromatic carbocycles. The summed E-state index contributed by atoms with van der Waals surface area (Å²) in [6.07, 6.45) is 1.74. The van der Waals surface area contributed by atoms with Crippen LogP contribution in [-0.2, 0) is 0 Å². The summed E-state index contributed by atoms with van der Waals surface area (Å²) in [6, 6.07) is 0. The molecule has 2 nitrogen and oxygen atoms in total. The predicted molar refractivity (Wildman–Crippen MR) is 22.5 cm³/mol. The summed E-state index contributed by atoms with van der Waals surface area (Å²) in [5, 5.41) is 2.93. The molecular weight excluding hydrogens is 87.0 g/mol. The van der Waals surface area contributed by atoms with E-state index >= 15 is 0 Å². The molecule has 0 spiro atoms. The van der Waals surface area contributed by atoms with E-state index in [1.165, 1.54) is 0 Å². The fraction of sp³-hybridized carbons (Fsp3) is 0.667. The topological polar surface area (TPSA) is 24.4 Å². The van der Waals surface area contributed by atoms with Crippen molar-refractivity contribution in [3.05, 3.63) is 0 Å². The molecule has 0 atom stereocenters. The third-order valence-electron chi connectivity index (χ3n) is 0.568. The predicted octanol–water partition coefficient (Wildman–Crippen LogP) is -3.27. The summed E-state index contributed by atoms with van der Waals surface area (Å²) in [5.74, 6) is 0. The second-order valence-electron chi connectivity index (χ2n) is 0.989. The summed E-state index contributed by atoms with van der Waals surface area (Å²) in [5.41, 5.74) is 0. The van der Waals surface area contributed by atoms with E-state index in [1.807, 2.05) is 0 Å². The molecule has 0 aromatic rings. The summed E-state index contributed by atoms with van der Waals surface area (Å²) in [4.78, 5) is 3.85. The first-order valence-corrected chi connectivity index (χ1v) is 1.72. The molecule has 1 heterocycles. The van der Waals surface area contributed by atoms with Crippen molar-refractivity contribution in [1.29, 1.82) is 0 Å². The van der Waals surface area contributed by atoms with E-state index in [0.717, 1.165) is 13.1 Å². The van der Waals surface area contributed by atoms with Crippen molar-refractivity contribution in [3.63, 3.8) is 0 Å². The van der Waals surface area contributed by atoms with E-state index < -0.39 is 0 Å². The molecule has 0 saturated heterocycles. The fourth-order valence-electron chi connectivity index (χ4n) is 0.323. The summed E-state index contributed by atoms with van der Waals surface area (Å²) >= 11 is 0. The van der Waals surface area contributed by atoms with Crippen LogP contribution >= 0.6 is 0 Å². The second-order valence-corrected chi connectivity index (χ2v) is 0.989. The molecule has 0 fully saturated rings. The van der Waals surface area contributed by atoms with Gasteiger partial charge in [0, 0.05) is 6.54 Å². The Kier molecular flexibility index (Phi) is 3.94. The molecule has 0 amide bonds. The van der Waals surface area contributed by atoms with Crippen molar-refractivity contribution >= 4 is 6.34 Å². The Balaban J connectivity index is 0. The van der Waals surface area contributed by atoms with Gasteiger partial charge in [0.25, 0.3) is 0 Å². The zero-order valence-corrected chi connectivity index (χ0v) is 5.94. The van der Waals surface area contributed by atoms with Gasteiger partial charge in [0.1, 0.15) is 0 Å². The quantitative estimate of drug-likeness (QED) is 0.313. The first-order chi connectivity index (χ1) is 2.50. The van der Waals surface area contributed by atoms with Crippen LogP contribution < -0.4 is 34.9 Å². The van der Waals surface area contributed by atoms with Crippen LogP contribution in [0.25, 0.3) is 0 Å². The van der Waals surface area contributed by atoms with Crippen molar-refractivity contribution in [2.75, 3.05) is 13.1 Å². The summed E-state index contributed by atoms with van der Waals surface area (Å²) in [7, 11) is 0. The maximum absolute atomic E-state index is 3.85. The minimum absolute atomic E-state index is 0. The van der Waals surface area contributed by atoms with Gasteiger partial charge in [0.2, 0.25) is 0 Å². The van der Waals surface area contributed by atoms with E-state index in [0.29, 0.717) is 0 Å². The van der Waals surface area contributed by atoms with Gasteiger partial charge < -0.3 is 6.74 Å². The first kappa shape index (κ1) is 6.47. The SMILES string of the molecule is C1=NCCN1.[H-].[Na+]. The third kappa shape index (κ3) is 1.80. The Bertz CT molecular complexity index is 50.9. The van der Waals surface area contributed by atoms with Gasteiger partial charge in [-0.05, 0) is 0 Å². The molecule has 1 aliphatic rings. The average molecular weight is 94.1 g/mol. The van der Waals surface area contributed by atoms with Crippen LogP contribution in [0.5, 0.6) is 0 Å². The smallest absolute Gasteiger partial charge is 1.00 e. The van der Waals surface area contributed by atoms with Gasteiger partial charge in [-0.1, -0.05) is 0 Å². The number of hydrogen-bond donors (Lipinski definition) is 1. The summed E-state index contributed by atoms with van der Waals surface area (Å²) in [6.45, 7) is 1.99. The van der Waals surface area contributed by atoms with E-state index in [9.17, 15) is 0 Å². The third-order valence-corrected chi connectivity index (χ3v) is 0.568. The van der Waals surface area contributed by atoms with Crippen LogP contribution in [0.15, 0.2) is 4.99 Å². The summed E-state index contributed by atoms with van der Waals surface area (Å²) < 4.78 is 0. The number of aliphatic imine (C=N–C) groups is 1. The zero-order valence-electron chi connectivity index (χ0n) is 4.94. The minimum atomic E-state index is 0. The molecule has 30 valence electrons. The van der Waals surface area contributed by atoms with Crippen LogP contribution in [0.2, 0.25) is 0 Å². The van der Waals surface area contributed by atoms with Crippen molar-refractivity contribution in [1.82, 2.24) is 5.32 Å². The van der Waals surface area contributed by atoms with Gasteiger partial charge in [-0.3, -0.25) is 4.99 Å².